The molecule has 5 heteroatoms. The molecule has 1 heterocycles. The normalized spacial score (nSPS) is 10.2. The van der Waals surface area contributed by atoms with Crippen molar-refractivity contribution in [2.45, 2.75) is 19.8 Å². The topological polar surface area (TPSA) is 77.2 Å². The molecule has 3 N–H and O–H groups in total. The van der Waals surface area contributed by atoms with Crippen LogP contribution in [0.2, 0.25) is 0 Å². The molecule has 0 aliphatic rings. The van der Waals surface area contributed by atoms with Gasteiger partial charge in [-0.05, 0) is 25.5 Å². The second kappa shape index (κ2) is 7.62. The number of nitrogens with one attached hydrogen (secondary N) is 1. The molecule has 0 unspecified atom stereocenters. The van der Waals surface area contributed by atoms with Crippen LogP contribution in [0.5, 0.6) is 0 Å². The van der Waals surface area contributed by atoms with Crippen molar-refractivity contribution in [2.75, 3.05) is 25.5 Å². The monoisotopic (exact) mass is 237 g/mol. The first-order valence-electron chi connectivity index (χ1n) is 5.77. The first-order valence-corrected chi connectivity index (χ1v) is 5.77. The van der Waals surface area contributed by atoms with Crippen LogP contribution in [0.15, 0.2) is 18.3 Å². The molecular weight excluding hydrogens is 218 g/mol. The number of nitrogens with two attached hydrogens (primary N) is 1. The van der Waals surface area contributed by atoms with Gasteiger partial charge in [0, 0.05) is 25.5 Å². The van der Waals surface area contributed by atoms with Crippen LogP contribution in [0.4, 0.5) is 5.69 Å². The molecule has 0 saturated carbocycles. The molecule has 94 valence electrons. The van der Waals surface area contributed by atoms with Gasteiger partial charge < -0.3 is 15.8 Å². The maximum Gasteiger partial charge on any atom is 0.226 e. The van der Waals surface area contributed by atoms with E-state index in [2.05, 4.69) is 10.3 Å². The van der Waals surface area contributed by atoms with Crippen molar-refractivity contribution < 1.29 is 9.53 Å². The van der Waals surface area contributed by atoms with Gasteiger partial charge in [-0.15, -0.1) is 0 Å². The number of hydrogen-bond donors (Lipinski definition) is 2. The van der Waals surface area contributed by atoms with Crippen molar-refractivity contribution in [2.24, 2.45) is 0 Å². The SMILES string of the molecule is CCOCCCNC(=O)Cc1ccc(N)cn1. The quantitative estimate of drug-likeness (QED) is 0.686. The van der Waals surface area contributed by atoms with E-state index in [4.69, 9.17) is 10.5 Å². The largest absolute Gasteiger partial charge is 0.397 e. The fourth-order valence-corrected chi connectivity index (χ4v) is 1.31. The fraction of sp³-hybridized carbons (Fsp3) is 0.500. The molecule has 0 aromatic carbocycles. The third kappa shape index (κ3) is 5.87. The minimum atomic E-state index is -0.0289. The predicted molar refractivity (Wildman–Crippen MR) is 66.5 cm³/mol. The molecular formula is C12H19N3O2. The standard InChI is InChI=1S/C12H19N3O2/c1-2-17-7-3-6-14-12(16)8-11-5-4-10(13)9-15-11/h4-5,9H,2-3,6-8,13H2,1H3,(H,14,16). The van der Waals surface area contributed by atoms with Gasteiger partial charge in [0.15, 0.2) is 0 Å². The van der Waals surface area contributed by atoms with E-state index in [0.29, 0.717) is 25.4 Å². The Hall–Kier alpha value is -1.62. The summed E-state index contributed by atoms with van der Waals surface area (Å²) in [6.45, 7) is 3.97. The van der Waals surface area contributed by atoms with E-state index in [0.717, 1.165) is 12.1 Å². The lowest BCUT2D eigenvalue weighted by atomic mass is 10.2. The molecule has 0 spiro atoms. The first-order chi connectivity index (χ1) is 8.22. The number of rotatable bonds is 7. The Labute approximate surface area is 101 Å². The number of anilines is 1. The Balaban J connectivity index is 2.18. The van der Waals surface area contributed by atoms with Gasteiger partial charge in [0.25, 0.3) is 0 Å². The molecule has 0 saturated heterocycles. The summed E-state index contributed by atoms with van der Waals surface area (Å²) in [6, 6.07) is 3.50. The van der Waals surface area contributed by atoms with Crippen molar-refractivity contribution in [3.63, 3.8) is 0 Å². The number of amides is 1. The molecule has 1 rings (SSSR count). The Morgan fingerprint density at radius 1 is 1.53 bits per heavy atom. The molecule has 0 bridgehead atoms. The lowest BCUT2D eigenvalue weighted by Gasteiger charge is -2.05. The molecule has 0 aliphatic carbocycles. The molecule has 0 aliphatic heterocycles. The van der Waals surface area contributed by atoms with Crippen LogP contribution in [-0.2, 0) is 16.0 Å². The number of nitrogens with zero attached hydrogens (tertiary/aromatic N) is 1. The molecule has 17 heavy (non-hydrogen) atoms. The van der Waals surface area contributed by atoms with Crippen LogP contribution in [0, 0.1) is 0 Å². The van der Waals surface area contributed by atoms with Crippen molar-refractivity contribution >= 4 is 11.6 Å². The van der Waals surface area contributed by atoms with E-state index in [-0.39, 0.29) is 12.3 Å². The van der Waals surface area contributed by atoms with Gasteiger partial charge >= 0.3 is 0 Å². The van der Waals surface area contributed by atoms with Crippen LogP contribution in [-0.4, -0.2) is 30.6 Å². The fourth-order valence-electron chi connectivity index (χ4n) is 1.31. The summed E-state index contributed by atoms with van der Waals surface area (Å²) in [5.74, 6) is -0.0289. The summed E-state index contributed by atoms with van der Waals surface area (Å²) in [5, 5.41) is 2.81. The van der Waals surface area contributed by atoms with Crippen molar-refractivity contribution in [1.82, 2.24) is 10.3 Å². The van der Waals surface area contributed by atoms with Gasteiger partial charge in [-0.25, -0.2) is 0 Å². The summed E-state index contributed by atoms with van der Waals surface area (Å²) < 4.78 is 5.17. The summed E-state index contributed by atoms with van der Waals surface area (Å²) in [6.07, 6.45) is 2.67. The Morgan fingerprint density at radius 3 is 3.00 bits per heavy atom. The maximum absolute atomic E-state index is 11.5. The average molecular weight is 237 g/mol. The Bertz CT molecular complexity index is 338. The molecule has 1 aromatic heterocycles. The number of nitrogen functional groups attached to an aromatic ring is 1. The highest BCUT2D eigenvalue weighted by Crippen LogP contribution is 2.01. The Kier molecular flexibility index (Phi) is 6.03. The van der Waals surface area contributed by atoms with E-state index in [1.807, 2.05) is 6.92 Å². The van der Waals surface area contributed by atoms with Crippen molar-refractivity contribution in [1.29, 1.82) is 0 Å². The maximum atomic E-state index is 11.5. The van der Waals surface area contributed by atoms with Gasteiger partial charge in [0.2, 0.25) is 5.91 Å². The van der Waals surface area contributed by atoms with E-state index < -0.39 is 0 Å². The summed E-state index contributed by atoms with van der Waals surface area (Å²) in [5.41, 5.74) is 6.83. The second-order valence-corrected chi connectivity index (χ2v) is 3.66. The van der Waals surface area contributed by atoms with Crippen LogP contribution < -0.4 is 11.1 Å². The number of aromatic nitrogens is 1. The van der Waals surface area contributed by atoms with E-state index >= 15 is 0 Å². The Morgan fingerprint density at radius 2 is 2.35 bits per heavy atom. The number of carbonyl (C=O) groups excluding carboxylic acids is 1. The molecule has 0 atom stereocenters. The molecule has 1 amide bonds. The predicted octanol–water partition coefficient (Wildman–Crippen LogP) is 0.749. The highest BCUT2D eigenvalue weighted by Gasteiger charge is 2.03. The van der Waals surface area contributed by atoms with Gasteiger partial charge in [-0.3, -0.25) is 9.78 Å². The zero-order chi connectivity index (χ0) is 12.5. The summed E-state index contributed by atoms with van der Waals surface area (Å²) in [7, 11) is 0. The summed E-state index contributed by atoms with van der Waals surface area (Å²) in [4.78, 5) is 15.6. The van der Waals surface area contributed by atoms with E-state index in [1.54, 1.807) is 18.3 Å². The average Bonchev–Trinajstić information content (AvgIpc) is 2.32. The zero-order valence-electron chi connectivity index (χ0n) is 10.1. The van der Waals surface area contributed by atoms with Crippen LogP contribution in [0.1, 0.15) is 19.0 Å². The third-order valence-corrected chi connectivity index (χ3v) is 2.18. The first kappa shape index (κ1) is 13.4. The zero-order valence-corrected chi connectivity index (χ0v) is 10.1. The van der Waals surface area contributed by atoms with E-state index in [1.165, 1.54) is 0 Å². The van der Waals surface area contributed by atoms with Gasteiger partial charge in [-0.1, -0.05) is 0 Å². The highest BCUT2D eigenvalue weighted by atomic mass is 16.5. The number of hydrogen-bond acceptors (Lipinski definition) is 4. The highest BCUT2D eigenvalue weighted by molar-refractivity contribution is 5.78. The minimum absolute atomic E-state index is 0.0289. The van der Waals surface area contributed by atoms with E-state index in [9.17, 15) is 4.79 Å². The van der Waals surface area contributed by atoms with Crippen molar-refractivity contribution in [3.05, 3.63) is 24.0 Å². The number of ether oxygens (including phenoxy) is 1. The summed E-state index contributed by atoms with van der Waals surface area (Å²) >= 11 is 0. The lowest BCUT2D eigenvalue weighted by Crippen LogP contribution is -2.27. The molecule has 1 aromatic rings. The number of pyridine rings is 1. The van der Waals surface area contributed by atoms with Gasteiger partial charge in [0.05, 0.1) is 18.3 Å². The molecule has 5 nitrogen and oxygen atoms in total. The van der Waals surface area contributed by atoms with Gasteiger partial charge in [0.1, 0.15) is 0 Å². The molecule has 0 radical (unpaired) electrons. The van der Waals surface area contributed by atoms with Gasteiger partial charge in [-0.2, -0.15) is 0 Å². The number of carbonyl (C=O) groups is 1. The van der Waals surface area contributed by atoms with Crippen LogP contribution in [0.3, 0.4) is 0 Å². The lowest BCUT2D eigenvalue weighted by molar-refractivity contribution is -0.120. The smallest absolute Gasteiger partial charge is 0.226 e. The van der Waals surface area contributed by atoms with Crippen LogP contribution >= 0.6 is 0 Å². The van der Waals surface area contributed by atoms with Crippen LogP contribution in [0.25, 0.3) is 0 Å². The second-order valence-electron chi connectivity index (χ2n) is 3.66. The van der Waals surface area contributed by atoms with Crippen molar-refractivity contribution in [3.8, 4) is 0 Å². The minimum Gasteiger partial charge on any atom is -0.397 e. The third-order valence-electron chi connectivity index (χ3n) is 2.18. The molecule has 0 fully saturated rings.